The molecule has 4 heteroatoms. The van der Waals surface area contributed by atoms with Crippen molar-refractivity contribution in [3.63, 3.8) is 0 Å². The normalized spacial score (nSPS) is 37.1. The van der Waals surface area contributed by atoms with Gasteiger partial charge in [0.15, 0.2) is 0 Å². The number of hydrogen-bond donors (Lipinski definition) is 0. The molecule has 0 saturated carbocycles. The van der Waals surface area contributed by atoms with Crippen LogP contribution in [0.1, 0.15) is 37.9 Å². The van der Waals surface area contributed by atoms with E-state index in [1.165, 1.54) is 24.9 Å². The molecule has 5 aliphatic heterocycles. The fraction of sp³-hybridized carbons (Fsp3) is 0.550. The third-order valence-electron chi connectivity index (χ3n) is 6.57. The van der Waals surface area contributed by atoms with Crippen LogP contribution < -0.4 is 4.74 Å². The summed E-state index contributed by atoms with van der Waals surface area (Å²) in [5.41, 5.74) is 2.34. The van der Waals surface area contributed by atoms with Crippen molar-refractivity contribution in [3.05, 3.63) is 36.0 Å². The predicted octanol–water partition coefficient (Wildman–Crippen LogP) is 3.56. The van der Waals surface area contributed by atoms with Gasteiger partial charge >= 0.3 is 0 Å². The highest BCUT2D eigenvalue weighted by Gasteiger charge is 2.58. The van der Waals surface area contributed by atoms with E-state index in [-0.39, 0.29) is 11.7 Å². The lowest BCUT2D eigenvalue weighted by Gasteiger charge is -2.64. The summed E-state index contributed by atoms with van der Waals surface area (Å²) in [5, 5.41) is 1.16. The molecule has 7 rings (SSSR count). The minimum absolute atomic E-state index is 0.0477. The van der Waals surface area contributed by atoms with Gasteiger partial charge in [0.05, 0.1) is 24.3 Å². The van der Waals surface area contributed by atoms with Crippen LogP contribution in [0.2, 0.25) is 0 Å². The molecule has 1 aromatic heterocycles. The minimum atomic E-state index is 0.0477. The van der Waals surface area contributed by atoms with Crippen LogP contribution in [-0.4, -0.2) is 41.7 Å². The number of hydrogen-bond acceptors (Lipinski definition) is 4. The molecule has 5 fully saturated rings. The van der Waals surface area contributed by atoms with E-state index in [0.717, 1.165) is 35.5 Å². The van der Waals surface area contributed by atoms with Crippen LogP contribution in [0.3, 0.4) is 0 Å². The molecule has 6 heterocycles. The molecule has 4 bridgehead atoms. The van der Waals surface area contributed by atoms with Crippen LogP contribution >= 0.6 is 0 Å². The molecule has 1 aromatic carbocycles. The summed E-state index contributed by atoms with van der Waals surface area (Å²) in [6.45, 7) is 4.62. The lowest BCUT2D eigenvalue weighted by atomic mass is 9.66. The third kappa shape index (κ3) is 1.90. The van der Waals surface area contributed by atoms with Gasteiger partial charge in [-0.1, -0.05) is 6.92 Å². The molecule has 4 nitrogen and oxygen atoms in total. The van der Waals surface area contributed by atoms with Crippen LogP contribution in [0, 0.1) is 5.92 Å². The van der Waals surface area contributed by atoms with Gasteiger partial charge in [0.25, 0.3) is 0 Å². The molecule has 126 valence electrons. The zero-order valence-electron chi connectivity index (χ0n) is 14.4. The number of rotatable bonds is 3. The second-order valence-corrected chi connectivity index (χ2v) is 7.50. The SMILES string of the molecule is CC[C@]12CN3CCC1CC3[C@H](c1ccnc3ccc(OC)cc13)O2. The standard InChI is InChI=1S/C20H24N2O2/c1-3-20-12-22-9-7-13(20)10-18(22)19(24-20)15-6-8-21-17-5-4-14(23-2)11-16(15)17/h4-6,8,11,13,18-19H,3,7,9-10,12H2,1-2H3/t13?,18?,19-,20-/m0/s1. The van der Waals surface area contributed by atoms with Crippen molar-refractivity contribution in [1.29, 1.82) is 0 Å². The second-order valence-electron chi connectivity index (χ2n) is 7.50. The van der Waals surface area contributed by atoms with Crippen LogP contribution in [0.5, 0.6) is 5.75 Å². The van der Waals surface area contributed by atoms with E-state index in [9.17, 15) is 0 Å². The van der Waals surface area contributed by atoms with Gasteiger partial charge in [0.1, 0.15) is 5.75 Å². The number of nitrogens with zero attached hydrogens (tertiary/aromatic N) is 2. The highest BCUT2D eigenvalue weighted by Crippen LogP contribution is 2.54. The summed E-state index contributed by atoms with van der Waals surface area (Å²) in [7, 11) is 1.72. The van der Waals surface area contributed by atoms with E-state index < -0.39 is 0 Å². The smallest absolute Gasteiger partial charge is 0.119 e. The van der Waals surface area contributed by atoms with E-state index >= 15 is 0 Å². The molecule has 5 atom stereocenters. The second kappa shape index (κ2) is 5.17. The van der Waals surface area contributed by atoms with Crippen LogP contribution in [0.25, 0.3) is 10.9 Å². The number of aromatic nitrogens is 1. The summed E-state index contributed by atoms with van der Waals surface area (Å²) in [4.78, 5) is 7.21. The van der Waals surface area contributed by atoms with Crippen LogP contribution in [0.15, 0.2) is 30.5 Å². The van der Waals surface area contributed by atoms with Crippen LogP contribution in [0.4, 0.5) is 0 Å². The Labute approximate surface area is 142 Å². The molecule has 24 heavy (non-hydrogen) atoms. The maximum Gasteiger partial charge on any atom is 0.119 e. The maximum atomic E-state index is 6.81. The van der Waals surface area contributed by atoms with Gasteiger partial charge in [0, 0.05) is 24.2 Å². The first kappa shape index (κ1) is 14.7. The van der Waals surface area contributed by atoms with Gasteiger partial charge in [0.2, 0.25) is 0 Å². The van der Waals surface area contributed by atoms with Crippen molar-refractivity contribution < 1.29 is 9.47 Å². The molecule has 0 N–H and O–H groups in total. The third-order valence-corrected chi connectivity index (χ3v) is 6.57. The van der Waals surface area contributed by atoms with E-state index in [0.29, 0.717) is 6.04 Å². The highest BCUT2D eigenvalue weighted by molar-refractivity contribution is 5.84. The molecule has 5 saturated heterocycles. The Balaban J connectivity index is 1.63. The largest absolute Gasteiger partial charge is 0.497 e. The Morgan fingerprint density at radius 1 is 1.38 bits per heavy atom. The summed E-state index contributed by atoms with van der Waals surface area (Å²) >= 11 is 0. The van der Waals surface area contributed by atoms with Crippen molar-refractivity contribution in [2.24, 2.45) is 5.92 Å². The van der Waals surface area contributed by atoms with E-state index in [1.54, 1.807) is 7.11 Å². The monoisotopic (exact) mass is 324 g/mol. The quantitative estimate of drug-likeness (QED) is 0.865. The minimum Gasteiger partial charge on any atom is -0.497 e. The summed E-state index contributed by atoms with van der Waals surface area (Å²) < 4.78 is 12.3. The molecule has 2 aromatic rings. The molecule has 0 amide bonds. The number of ether oxygens (including phenoxy) is 2. The number of fused-ring (bicyclic) bond motifs is 3. The van der Waals surface area contributed by atoms with Crippen molar-refractivity contribution in [3.8, 4) is 5.75 Å². The number of benzene rings is 1. The number of morpholine rings is 1. The van der Waals surface area contributed by atoms with Gasteiger partial charge in [-0.25, -0.2) is 0 Å². The zero-order chi connectivity index (χ0) is 16.3. The fourth-order valence-electron chi connectivity index (χ4n) is 5.25. The van der Waals surface area contributed by atoms with Crippen LogP contribution in [-0.2, 0) is 4.74 Å². The van der Waals surface area contributed by atoms with E-state index in [2.05, 4.69) is 28.9 Å². The van der Waals surface area contributed by atoms with Gasteiger partial charge < -0.3 is 9.47 Å². The maximum absolute atomic E-state index is 6.81. The summed E-state index contributed by atoms with van der Waals surface area (Å²) in [6.07, 6.45) is 5.73. The number of piperidine rings is 3. The van der Waals surface area contributed by atoms with Crippen molar-refractivity contribution in [2.45, 2.75) is 43.9 Å². The summed E-state index contributed by atoms with van der Waals surface area (Å²) in [6, 6.07) is 8.78. The van der Waals surface area contributed by atoms with Gasteiger partial charge in [-0.2, -0.15) is 0 Å². The van der Waals surface area contributed by atoms with E-state index in [1.807, 2.05) is 18.3 Å². The van der Waals surface area contributed by atoms with Crippen molar-refractivity contribution >= 4 is 10.9 Å². The number of pyridine rings is 1. The van der Waals surface area contributed by atoms with Crippen molar-refractivity contribution in [1.82, 2.24) is 9.88 Å². The molecule has 3 unspecified atom stereocenters. The highest BCUT2D eigenvalue weighted by atomic mass is 16.5. The lowest BCUT2D eigenvalue weighted by Crippen LogP contribution is -2.70. The molecule has 5 aliphatic rings. The zero-order valence-corrected chi connectivity index (χ0v) is 14.4. The van der Waals surface area contributed by atoms with E-state index in [4.69, 9.17) is 9.47 Å². The molecule has 0 aliphatic carbocycles. The predicted molar refractivity (Wildman–Crippen MR) is 93.2 cm³/mol. The average Bonchev–Trinajstić information content (AvgIpc) is 2.66. The lowest BCUT2D eigenvalue weighted by molar-refractivity contribution is -0.274. The fourth-order valence-corrected chi connectivity index (χ4v) is 5.25. The Hall–Kier alpha value is -1.65. The van der Waals surface area contributed by atoms with Gasteiger partial charge in [-0.15, -0.1) is 0 Å². The molecular formula is C20H24N2O2. The average molecular weight is 324 g/mol. The Morgan fingerprint density at radius 3 is 3.04 bits per heavy atom. The van der Waals surface area contributed by atoms with Crippen molar-refractivity contribution in [2.75, 3.05) is 20.2 Å². The number of methoxy groups -OCH3 is 1. The molecular weight excluding hydrogens is 300 g/mol. The van der Waals surface area contributed by atoms with Gasteiger partial charge in [-0.3, -0.25) is 9.88 Å². The Kier molecular flexibility index (Phi) is 3.16. The summed E-state index contributed by atoms with van der Waals surface area (Å²) in [5.74, 6) is 1.61. The van der Waals surface area contributed by atoms with Gasteiger partial charge in [-0.05, 0) is 61.6 Å². The first-order valence-electron chi connectivity index (χ1n) is 9.08. The first-order valence-corrected chi connectivity index (χ1v) is 9.08. The molecule has 0 radical (unpaired) electrons. The molecule has 0 spiro atoms. The first-order chi connectivity index (χ1) is 11.7. The Morgan fingerprint density at radius 2 is 2.29 bits per heavy atom. The topological polar surface area (TPSA) is 34.6 Å². The Bertz CT molecular complexity index is 792.